The number of rotatable bonds is 10. The fourth-order valence-corrected chi connectivity index (χ4v) is 2.98. The van der Waals surface area contributed by atoms with E-state index in [9.17, 15) is 4.79 Å². The Bertz CT molecular complexity index is 835. The van der Waals surface area contributed by atoms with Crippen LogP contribution in [0.15, 0.2) is 47.2 Å². The molecule has 0 aliphatic heterocycles. The first-order chi connectivity index (χ1) is 13.5. The fraction of sp³-hybridized carbons (Fsp3) is 0.300. The molecule has 0 saturated carbocycles. The minimum absolute atomic E-state index is 0.179. The molecule has 2 rings (SSSR count). The van der Waals surface area contributed by atoms with Gasteiger partial charge in [0.15, 0.2) is 16.7 Å². The van der Waals surface area contributed by atoms with Gasteiger partial charge in [-0.25, -0.2) is 15.4 Å². The Kier molecular flexibility index (Phi) is 8.48. The van der Waals surface area contributed by atoms with E-state index in [1.54, 1.807) is 24.4 Å². The molecule has 1 aromatic heterocycles. The van der Waals surface area contributed by atoms with Gasteiger partial charge >= 0.3 is 0 Å². The summed E-state index contributed by atoms with van der Waals surface area (Å²) in [5.74, 6) is 1.19. The number of ether oxygens (including phenoxy) is 2. The van der Waals surface area contributed by atoms with Gasteiger partial charge in [-0.05, 0) is 50.6 Å². The summed E-state index contributed by atoms with van der Waals surface area (Å²) in [6.07, 6.45) is 3.22. The van der Waals surface area contributed by atoms with E-state index in [0.29, 0.717) is 29.9 Å². The second kappa shape index (κ2) is 11.1. The van der Waals surface area contributed by atoms with Crippen molar-refractivity contribution in [2.24, 2.45) is 5.10 Å². The van der Waals surface area contributed by atoms with Crippen LogP contribution in [0, 0.1) is 13.8 Å². The second-order valence-corrected chi connectivity index (χ2v) is 6.70. The predicted molar refractivity (Wildman–Crippen MR) is 111 cm³/mol. The number of hydrazone groups is 1. The van der Waals surface area contributed by atoms with Gasteiger partial charge in [0.25, 0.3) is 5.91 Å². The molecule has 1 heterocycles. The molecule has 0 fully saturated rings. The van der Waals surface area contributed by atoms with Crippen molar-refractivity contribution in [2.75, 3.05) is 19.0 Å². The molecule has 0 aliphatic rings. The van der Waals surface area contributed by atoms with E-state index in [1.165, 1.54) is 11.8 Å². The number of hydrogen-bond donors (Lipinski definition) is 1. The van der Waals surface area contributed by atoms with Gasteiger partial charge in [-0.15, -0.1) is 0 Å². The molecule has 0 spiro atoms. The summed E-state index contributed by atoms with van der Waals surface area (Å²) >= 11 is 1.27. The molecule has 28 heavy (non-hydrogen) atoms. The van der Waals surface area contributed by atoms with Gasteiger partial charge in [-0.3, -0.25) is 4.79 Å². The van der Waals surface area contributed by atoms with E-state index in [4.69, 9.17) is 9.47 Å². The summed E-state index contributed by atoms with van der Waals surface area (Å²) in [6.45, 7) is 10.2. The molecular formula is C20H24N4O3S. The Morgan fingerprint density at radius 3 is 2.64 bits per heavy atom. The van der Waals surface area contributed by atoms with Crippen LogP contribution in [-0.4, -0.2) is 41.1 Å². The van der Waals surface area contributed by atoms with Gasteiger partial charge in [-0.1, -0.05) is 24.4 Å². The highest BCUT2D eigenvalue weighted by atomic mass is 32.2. The lowest BCUT2D eigenvalue weighted by Crippen LogP contribution is -2.19. The average Bonchev–Trinajstić information content (AvgIpc) is 2.65. The smallest absolute Gasteiger partial charge is 0.250 e. The highest BCUT2D eigenvalue weighted by Gasteiger charge is 2.07. The Balaban J connectivity index is 1.91. The van der Waals surface area contributed by atoms with Gasteiger partial charge in [0.05, 0.1) is 18.6 Å². The van der Waals surface area contributed by atoms with Crippen LogP contribution in [0.2, 0.25) is 0 Å². The van der Waals surface area contributed by atoms with Gasteiger partial charge < -0.3 is 9.47 Å². The zero-order valence-corrected chi connectivity index (χ0v) is 17.1. The lowest BCUT2D eigenvalue weighted by molar-refractivity contribution is -0.118. The summed E-state index contributed by atoms with van der Waals surface area (Å²) in [7, 11) is 0. The first-order valence-corrected chi connectivity index (χ1v) is 9.78. The third-order valence-corrected chi connectivity index (χ3v) is 4.17. The van der Waals surface area contributed by atoms with Crippen LogP contribution in [0.3, 0.4) is 0 Å². The predicted octanol–water partition coefficient (Wildman–Crippen LogP) is 3.30. The molecule has 0 bridgehead atoms. The van der Waals surface area contributed by atoms with Gasteiger partial charge in [-0.2, -0.15) is 5.10 Å². The zero-order valence-electron chi connectivity index (χ0n) is 16.3. The Hall–Kier alpha value is -2.87. The van der Waals surface area contributed by atoms with E-state index < -0.39 is 0 Å². The number of aromatic nitrogens is 2. The minimum atomic E-state index is -0.236. The Labute approximate surface area is 169 Å². The average molecular weight is 401 g/mol. The lowest BCUT2D eigenvalue weighted by Gasteiger charge is -2.11. The lowest BCUT2D eigenvalue weighted by atomic mass is 10.2. The van der Waals surface area contributed by atoms with Crippen LogP contribution in [0.5, 0.6) is 11.5 Å². The molecule has 148 valence electrons. The van der Waals surface area contributed by atoms with Crippen molar-refractivity contribution in [1.29, 1.82) is 0 Å². The van der Waals surface area contributed by atoms with E-state index in [0.717, 1.165) is 17.0 Å². The normalized spacial score (nSPS) is 10.7. The van der Waals surface area contributed by atoms with E-state index in [1.807, 2.05) is 32.9 Å². The van der Waals surface area contributed by atoms with E-state index in [-0.39, 0.29) is 11.7 Å². The molecule has 8 heteroatoms. The second-order valence-electron chi connectivity index (χ2n) is 5.75. The number of amides is 1. The van der Waals surface area contributed by atoms with Crippen LogP contribution in [-0.2, 0) is 4.79 Å². The molecule has 1 amide bonds. The zero-order chi connectivity index (χ0) is 20.4. The number of nitrogens with one attached hydrogen (secondary N) is 1. The van der Waals surface area contributed by atoms with Gasteiger partial charge in [0.2, 0.25) is 0 Å². The molecule has 0 atom stereocenters. The molecule has 7 nitrogen and oxygen atoms in total. The van der Waals surface area contributed by atoms with E-state index in [2.05, 4.69) is 27.1 Å². The largest absolute Gasteiger partial charge is 0.490 e. The molecule has 0 aliphatic carbocycles. The third kappa shape index (κ3) is 7.03. The number of aryl methyl sites for hydroxylation is 2. The van der Waals surface area contributed by atoms with Crippen molar-refractivity contribution in [3.05, 3.63) is 53.9 Å². The molecule has 0 saturated heterocycles. The molecule has 1 aromatic carbocycles. The number of carbonyl (C=O) groups excluding carboxylic acids is 1. The maximum absolute atomic E-state index is 12.0. The topological polar surface area (TPSA) is 85.7 Å². The van der Waals surface area contributed by atoms with Crippen LogP contribution in [0.1, 0.15) is 23.9 Å². The van der Waals surface area contributed by atoms with Crippen molar-refractivity contribution in [1.82, 2.24) is 15.4 Å². The highest BCUT2D eigenvalue weighted by molar-refractivity contribution is 7.99. The molecular weight excluding hydrogens is 376 g/mol. The van der Waals surface area contributed by atoms with Crippen LogP contribution in [0.25, 0.3) is 0 Å². The van der Waals surface area contributed by atoms with E-state index >= 15 is 0 Å². The van der Waals surface area contributed by atoms with Crippen LogP contribution in [0.4, 0.5) is 0 Å². The fourth-order valence-electron chi connectivity index (χ4n) is 2.24. The number of nitrogens with zero attached hydrogens (tertiary/aromatic N) is 3. The molecule has 2 aromatic rings. The number of hydrogen-bond acceptors (Lipinski definition) is 7. The summed E-state index contributed by atoms with van der Waals surface area (Å²) in [6, 6.07) is 7.31. The summed E-state index contributed by atoms with van der Waals surface area (Å²) in [5.41, 5.74) is 5.03. The quantitative estimate of drug-likeness (QED) is 0.217. The Morgan fingerprint density at radius 2 is 1.96 bits per heavy atom. The SMILES string of the molecule is C=CCOc1ccc(/C=N/NC(=O)CSc2nc(C)cc(C)n2)cc1OCC. The van der Waals surface area contributed by atoms with Crippen molar-refractivity contribution < 1.29 is 14.3 Å². The maximum atomic E-state index is 12.0. The van der Waals surface area contributed by atoms with Crippen molar-refractivity contribution >= 4 is 23.9 Å². The first-order valence-electron chi connectivity index (χ1n) is 8.79. The van der Waals surface area contributed by atoms with Crippen molar-refractivity contribution in [3.63, 3.8) is 0 Å². The number of carbonyl (C=O) groups is 1. The molecule has 1 N–H and O–H groups in total. The van der Waals surface area contributed by atoms with Crippen molar-refractivity contribution in [2.45, 2.75) is 25.9 Å². The summed E-state index contributed by atoms with van der Waals surface area (Å²) in [5, 5.41) is 4.57. The number of thioether (sulfide) groups is 1. The highest BCUT2D eigenvalue weighted by Crippen LogP contribution is 2.28. The van der Waals surface area contributed by atoms with Crippen LogP contribution < -0.4 is 14.9 Å². The number of benzene rings is 1. The Morgan fingerprint density at radius 1 is 1.21 bits per heavy atom. The monoisotopic (exact) mass is 400 g/mol. The molecule has 0 unspecified atom stereocenters. The minimum Gasteiger partial charge on any atom is -0.490 e. The van der Waals surface area contributed by atoms with Crippen molar-refractivity contribution in [3.8, 4) is 11.5 Å². The van der Waals surface area contributed by atoms with Crippen LogP contribution >= 0.6 is 11.8 Å². The van der Waals surface area contributed by atoms with Gasteiger partial charge in [0.1, 0.15) is 6.61 Å². The first kappa shape index (κ1) is 21.4. The maximum Gasteiger partial charge on any atom is 0.250 e. The third-order valence-electron chi connectivity index (χ3n) is 3.32. The molecule has 0 radical (unpaired) electrons. The summed E-state index contributed by atoms with van der Waals surface area (Å²) < 4.78 is 11.1. The summed E-state index contributed by atoms with van der Waals surface area (Å²) in [4.78, 5) is 20.5. The van der Waals surface area contributed by atoms with Gasteiger partial charge in [0, 0.05) is 11.4 Å². The standard InChI is InChI=1S/C20H24N4O3S/c1-5-9-27-17-8-7-16(11-18(17)26-6-2)12-21-24-19(25)13-28-20-22-14(3)10-15(4)23-20/h5,7-8,10-12H,1,6,9,13H2,2-4H3,(H,24,25)/b21-12+.